The van der Waals surface area contributed by atoms with E-state index in [0.717, 1.165) is 23.2 Å². The molecule has 0 bridgehead atoms. The Labute approximate surface area is 169 Å². The van der Waals surface area contributed by atoms with Crippen LogP contribution in [-0.2, 0) is 13.0 Å². The molecule has 3 aromatic rings. The predicted octanol–water partition coefficient (Wildman–Crippen LogP) is 4.35. The van der Waals surface area contributed by atoms with Crippen molar-refractivity contribution in [3.8, 4) is 0 Å². The van der Waals surface area contributed by atoms with Crippen LogP contribution >= 0.6 is 0 Å². The first-order valence-corrected chi connectivity index (χ1v) is 9.57. The van der Waals surface area contributed by atoms with Crippen molar-refractivity contribution in [3.05, 3.63) is 101 Å². The first kappa shape index (κ1) is 18.9. The van der Waals surface area contributed by atoms with E-state index in [4.69, 9.17) is 0 Å². The molecule has 146 valence electrons. The number of halogens is 1. The van der Waals surface area contributed by atoms with Crippen molar-refractivity contribution in [1.29, 1.82) is 0 Å². The molecular weight excluding hydrogens is 367 g/mol. The maximum Gasteiger partial charge on any atom is 0.258 e. The summed E-state index contributed by atoms with van der Waals surface area (Å²) >= 11 is 0. The van der Waals surface area contributed by atoms with Crippen LogP contribution in [0, 0.1) is 5.82 Å². The first-order valence-electron chi connectivity index (χ1n) is 9.57. The molecule has 0 fully saturated rings. The number of nitrogens with one attached hydrogen (secondary N) is 1. The minimum atomic E-state index is -0.549. The second kappa shape index (κ2) is 7.87. The summed E-state index contributed by atoms with van der Waals surface area (Å²) < 4.78 is 13.8. The van der Waals surface area contributed by atoms with Crippen molar-refractivity contribution in [1.82, 2.24) is 5.32 Å². The number of anilines is 1. The van der Waals surface area contributed by atoms with Gasteiger partial charge in [0.1, 0.15) is 5.82 Å². The molecule has 0 aliphatic carbocycles. The Kier molecular flexibility index (Phi) is 5.12. The van der Waals surface area contributed by atoms with Crippen LogP contribution in [-0.4, -0.2) is 17.9 Å². The van der Waals surface area contributed by atoms with Crippen LogP contribution in [0.3, 0.4) is 0 Å². The van der Waals surface area contributed by atoms with Crippen LogP contribution in [0.4, 0.5) is 10.1 Å². The highest BCUT2D eigenvalue weighted by molar-refractivity contribution is 6.07. The molecule has 1 N–H and O–H groups in total. The maximum absolute atomic E-state index is 13.8. The molecule has 29 heavy (non-hydrogen) atoms. The van der Waals surface area contributed by atoms with Crippen LogP contribution in [0.5, 0.6) is 0 Å². The highest BCUT2D eigenvalue weighted by Crippen LogP contribution is 2.34. The molecule has 5 heteroatoms. The van der Waals surface area contributed by atoms with Crippen LogP contribution < -0.4 is 10.2 Å². The zero-order valence-electron chi connectivity index (χ0n) is 16.1. The van der Waals surface area contributed by atoms with Gasteiger partial charge >= 0.3 is 0 Å². The van der Waals surface area contributed by atoms with Crippen molar-refractivity contribution in [2.24, 2.45) is 0 Å². The zero-order chi connectivity index (χ0) is 20.4. The van der Waals surface area contributed by atoms with Gasteiger partial charge in [-0.1, -0.05) is 42.5 Å². The lowest BCUT2D eigenvalue weighted by Gasteiger charge is -2.23. The third kappa shape index (κ3) is 3.76. The molecule has 0 saturated heterocycles. The Morgan fingerprint density at radius 2 is 1.76 bits per heavy atom. The Morgan fingerprint density at radius 1 is 1.03 bits per heavy atom. The summed E-state index contributed by atoms with van der Waals surface area (Å²) in [5.74, 6) is -1.05. The molecule has 1 aliphatic heterocycles. The van der Waals surface area contributed by atoms with Crippen LogP contribution in [0.25, 0.3) is 0 Å². The molecule has 0 saturated carbocycles. The van der Waals surface area contributed by atoms with E-state index in [1.807, 2.05) is 60.4 Å². The van der Waals surface area contributed by atoms with E-state index in [0.29, 0.717) is 5.56 Å². The van der Waals surface area contributed by atoms with Crippen LogP contribution in [0.15, 0.2) is 72.8 Å². The summed E-state index contributed by atoms with van der Waals surface area (Å²) in [6.45, 7) is 2.28. The van der Waals surface area contributed by atoms with Crippen molar-refractivity contribution < 1.29 is 14.0 Å². The molecular formula is C24H21FN2O2. The monoisotopic (exact) mass is 388 g/mol. The first-order chi connectivity index (χ1) is 14.0. The molecule has 1 atom stereocenters. The van der Waals surface area contributed by atoms with Gasteiger partial charge in [0.15, 0.2) is 0 Å². The topological polar surface area (TPSA) is 49.4 Å². The van der Waals surface area contributed by atoms with E-state index >= 15 is 0 Å². The molecule has 0 radical (unpaired) electrons. The summed E-state index contributed by atoms with van der Waals surface area (Å²) in [7, 11) is 0. The van der Waals surface area contributed by atoms with Crippen molar-refractivity contribution >= 4 is 17.5 Å². The minimum absolute atomic E-state index is 0.0168. The Hall–Kier alpha value is -3.47. The SMILES string of the molecule is CC1Cc2ccc(CNC(=O)c3ccccc3F)cc2N1C(=O)c1ccccc1. The molecule has 3 aromatic carbocycles. The normalized spacial score (nSPS) is 15.1. The van der Waals surface area contributed by atoms with E-state index in [1.54, 1.807) is 12.1 Å². The van der Waals surface area contributed by atoms with Crippen LogP contribution in [0.2, 0.25) is 0 Å². The standard InChI is InChI=1S/C24H21FN2O2/c1-16-13-19-12-11-17(15-26-23(28)20-9-5-6-10-21(20)25)14-22(19)27(16)24(29)18-7-3-2-4-8-18/h2-12,14,16H,13,15H2,1H3,(H,26,28). The molecule has 2 amide bonds. The predicted molar refractivity (Wildman–Crippen MR) is 110 cm³/mol. The Bertz CT molecular complexity index is 1070. The number of carbonyl (C=O) groups excluding carboxylic acids is 2. The smallest absolute Gasteiger partial charge is 0.258 e. The lowest BCUT2D eigenvalue weighted by atomic mass is 10.1. The third-order valence-corrected chi connectivity index (χ3v) is 5.18. The zero-order valence-corrected chi connectivity index (χ0v) is 16.1. The van der Waals surface area contributed by atoms with Gasteiger partial charge in [-0.25, -0.2) is 4.39 Å². The van der Waals surface area contributed by atoms with Crippen molar-refractivity contribution in [3.63, 3.8) is 0 Å². The van der Waals surface area contributed by atoms with Crippen molar-refractivity contribution in [2.75, 3.05) is 4.90 Å². The lowest BCUT2D eigenvalue weighted by Crippen LogP contribution is -2.35. The number of nitrogens with zero attached hydrogens (tertiary/aromatic N) is 1. The number of rotatable bonds is 4. The third-order valence-electron chi connectivity index (χ3n) is 5.18. The number of carbonyl (C=O) groups is 2. The molecule has 0 spiro atoms. The molecule has 1 heterocycles. The number of hydrogen-bond donors (Lipinski definition) is 1. The maximum atomic E-state index is 13.8. The fourth-order valence-corrected chi connectivity index (χ4v) is 3.72. The van der Waals surface area contributed by atoms with Gasteiger partial charge in [0, 0.05) is 23.8 Å². The number of benzene rings is 3. The second-order valence-corrected chi connectivity index (χ2v) is 7.22. The number of amides is 2. The van der Waals surface area contributed by atoms with Gasteiger partial charge in [-0.15, -0.1) is 0 Å². The fraction of sp³-hybridized carbons (Fsp3) is 0.167. The summed E-state index contributed by atoms with van der Waals surface area (Å²) in [4.78, 5) is 27.1. The second-order valence-electron chi connectivity index (χ2n) is 7.22. The van der Waals surface area contributed by atoms with E-state index < -0.39 is 11.7 Å². The molecule has 0 aromatic heterocycles. The van der Waals surface area contributed by atoms with E-state index in [2.05, 4.69) is 5.32 Å². The summed E-state index contributed by atoms with van der Waals surface area (Å²) in [5.41, 5.74) is 3.48. The van der Waals surface area contributed by atoms with Crippen LogP contribution in [0.1, 0.15) is 38.8 Å². The van der Waals surface area contributed by atoms with E-state index in [1.165, 1.54) is 12.1 Å². The molecule has 1 unspecified atom stereocenters. The average molecular weight is 388 g/mol. The van der Waals surface area contributed by atoms with Crippen molar-refractivity contribution in [2.45, 2.75) is 25.9 Å². The van der Waals surface area contributed by atoms with Gasteiger partial charge in [0.25, 0.3) is 11.8 Å². The lowest BCUT2D eigenvalue weighted by molar-refractivity contribution is 0.0944. The quantitative estimate of drug-likeness (QED) is 0.723. The van der Waals surface area contributed by atoms with Gasteiger partial charge in [-0.3, -0.25) is 9.59 Å². The van der Waals surface area contributed by atoms with Gasteiger partial charge < -0.3 is 10.2 Å². The number of fused-ring (bicyclic) bond motifs is 1. The van der Waals surface area contributed by atoms with Gasteiger partial charge in [0.2, 0.25) is 0 Å². The highest BCUT2D eigenvalue weighted by atomic mass is 19.1. The average Bonchev–Trinajstić information content (AvgIpc) is 3.07. The van der Waals surface area contributed by atoms with E-state index in [9.17, 15) is 14.0 Å². The summed E-state index contributed by atoms with van der Waals surface area (Å²) in [6.07, 6.45) is 0.787. The minimum Gasteiger partial charge on any atom is -0.348 e. The fourth-order valence-electron chi connectivity index (χ4n) is 3.72. The van der Waals surface area contributed by atoms with Gasteiger partial charge in [0.05, 0.1) is 5.56 Å². The van der Waals surface area contributed by atoms with Gasteiger partial charge in [-0.2, -0.15) is 0 Å². The highest BCUT2D eigenvalue weighted by Gasteiger charge is 2.31. The molecule has 4 nitrogen and oxygen atoms in total. The molecule has 1 aliphatic rings. The summed E-state index contributed by atoms with van der Waals surface area (Å²) in [6, 6.07) is 21.0. The molecule has 4 rings (SSSR count). The Morgan fingerprint density at radius 3 is 2.52 bits per heavy atom. The largest absolute Gasteiger partial charge is 0.348 e. The number of hydrogen-bond acceptors (Lipinski definition) is 2. The van der Waals surface area contributed by atoms with E-state index in [-0.39, 0.29) is 24.1 Å². The Balaban J connectivity index is 1.54. The van der Waals surface area contributed by atoms with Gasteiger partial charge in [-0.05, 0) is 54.8 Å². The summed E-state index contributed by atoms with van der Waals surface area (Å²) in [5, 5.41) is 2.75.